The molecular formula is C21H20F2N4O. The maximum Gasteiger partial charge on any atom is 0.135 e. The molecule has 28 heavy (non-hydrogen) atoms. The van der Waals surface area contributed by atoms with Crippen LogP contribution in [0.2, 0.25) is 0 Å². The minimum Gasteiger partial charge on any atom is -0.390 e. The first-order valence-electron chi connectivity index (χ1n) is 9.46. The summed E-state index contributed by atoms with van der Waals surface area (Å²) >= 11 is 0. The van der Waals surface area contributed by atoms with Crippen LogP contribution in [0.25, 0.3) is 11.3 Å². The summed E-state index contributed by atoms with van der Waals surface area (Å²) in [6.07, 6.45) is 2.66. The topological polar surface area (TPSA) is 63.0 Å². The molecule has 0 amide bonds. The molecule has 2 N–H and O–H groups in total. The van der Waals surface area contributed by atoms with Gasteiger partial charge in [0.25, 0.3) is 0 Å². The lowest BCUT2D eigenvalue weighted by atomic mass is 9.72. The lowest BCUT2D eigenvalue weighted by Crippen LogP contribution is -2.47. The molecule has 1 aliphatic heterocycles. The number of halogens is 2. The predicted molar refractivity (Wildman–Crippen MR) is 99.7 cm³/mol. The van der Waals surface area contributed by atoms with Gasteiger partial charge in [0, 0.05) is 17.0 Å². The standard InChI is InChI=1S/C21H20F2N4O/c22-13-5-6-15(17(23)11-13)18-12-27(26-25-18)19-14-3-1-2-4-16(14)21(20(19)28)7-9-24-10-8-21/h1-6,11-12,19-20,24,28H,7-10H2/t19-,20+/m0/s1. The maximum absolute atomic E-state index is 14.2. The molecule has 0 bridgehead atoms. The second kappa shape index (κ2) is 6.46. The molecule has 2 aromatic carbocycles. The summed E-state index contributed by atoms with van der Waals surface area (Å²) in [6, 6.07) is 11.0. The lowest BCUT2D eigenvalue weighted by Gasteiger charge is -2.38. The number of nitrogens with zero attached hydrogens (tertiary/aromatic N) is 3. The van der Waals surface area contributed by atoms with Crippen LogP contribution in [0.15, 0.2) is 48.7 Å². The second-order valence-electron chi connectivity index (χ2n) is 7.59. The smallest absolute Gasteiger partial charge is 0.135 e. The van der Waals surface area contributed by atoms with E-state index in [1.54, 1.807) is 10.9 Å². The van der Waals surface area contributed by atoms with E-state index in [1.165, 1.54) is 12.1 Å². The summed E-state index contributed by atoms with van der Waals surface area (Å²) in [5.74, 6) is -1.32. The molecule has 5 nitrogen and oxygen atoms in total. The van der Waals surface area contributed by atoms with Crippen molar-refractivity contribution in [3.8, 4) is 11.3 Å². The SMILES string of the molecule is O[C@@H]1[C@@H](n2cc(-c3ccc(F)cc3F)nn2)c2ccccc2C12CCNCC2. The number of aromatic nitrogens is 3. The minimum absolute atomic E-state index is 0.185. The molecule has 1 aromatic heterocycles. The summed E-state index contributed by atoms with van der Waals surface area (Å²) in [5.41, 5.74) is 2.35. The highest BCUT2D eigenvalue weighted by atomic mass is 19.1. The molecule has 2 heterocycles. The monoisotopic (exact) mass is 382 g/mol. The summed E-state index contributed by atoms with van der Waals surface area (Å²) in [6.45, 7) is 1.70. The number of hydrogen-bond donors (Lipinski definition) is 2. The molecule has 1 spiro atoms. The van der Waals surface area contributed by atoms with E-state index in [0.29, 0.717) is 5.69 Å². The lowest BCUT2D eigenvalue weighted by molar-refractivity contribution is 0.0421. The first-order valence-corrected chi connectivity index (χ1v) is 9.46. The summed E-state index contributed by atoms with van der Waals surface area (Å²) in [4.78, 5) is 0. The summed E-state index contributed by atoms with van der Waals surface area (Å²) in [7, 11) is 0. The van der Waals surface area contributed by atoms with Gasteiger partial charge in [-0.25, -0.2) is 13.5 Å². The molecule has 1 saturated heterocycles. The van der Waals surface area contributed by atoms with Crippen molar-refractivity contribution in [1.82, 2.24) is 20.3 Å². The fourth-order valence-electron chi connectivity index (χ4n) is 4.80. The highest BCUT2D eigenvalue weighted by molar-refractivity contribution is 5.58. The first-order chi connectivity index (χ1) is 13.6. The van der Waals surface area contributed by atoms with Crippen LogP contribution in [0.5, 0.6) is 0 Å². The first kappa shape index (κ1) is 17.5. The van der Waals surface area contributed by atoms with Crippen molar-refractivity contribution in [1.29, 1.82) is 0 Å². The third-order valence-corrected chi connectivity index (χ3v) is 6.18. The minimum atomic E-state index is -0.686. The van der Waals surface area contributed by atoms with Crippen molar-refractivity contribution in [2.24, 2.45) is 0 Å². The number of benzene rings is 2. The highest BCUT2D eigenvalue weighted by Crippen LogP contribution is 2.51. The Hall–Kier alpha value is -2.64. The molecule has 2 atom stereocenters. The molecule has 1 fully saturated rings. The van der Waals surface area contributed by atoms with Crippen LogP contribution in [0.4, 0.5) is 8.78 Å². The molecule has 144 valence electrons. The van der Waals surface area contributed by atoms with Crippen LogP contribution in [0.3, 0.4) is 0 Å². The number of hydrogen-bond acceptors (Lipinski definition) is 4. The zero-order valence-electron chi connectivity index (χ0n) is 15.1. The van der Waals surface area contributed by atoms with Gasteiger partial charge in [-0.1, -0.05) is 29.5 Å². The number of piperidine rings is 1. The average molecular weight is 382 g/mol. The van der Waals surface area contributed by atoms with E-state index in [9.17, 15) is 13.9 Å². The fraction of sp³-hybridized carbons (Fsp3) is 0.333. The van der Waals surface area contributed by atoms with Gasteiger partial charge in [0.05, 0.1) is 12.3 Å². The zero-order chi connectivity index (χ0) is 19.3. The molecular weight excluding hydrogens is 362 g/mol. The van der Waals surface area contributed by atoms with Gasteiger partial charge in [-0.3, -0.25) is 0 Å². The molecule has 0 saturated carbocycles. The molecule has 7 heteroatoms. The van der Waals surface area contributed by atoms with Gasteiger partial charge in [0.15, 0.2) is 0 Å². The molecule has 0 unspecified atom stereocenters. The van der Waals surface area contributed by atoms with Crippen LogP contribution in [0, 0.1) is 11.6 Å². The van der Waals surface area contributed by atoms with Crippen molar-refractivity contribution in [3.63, 3.8) is 0 Å². The van der Waals surface area contributed by atoms with E-state index in [4.69, 9.17) is 0 Å². The number of aliphatic hydroxyl groups excluding tert-OH is 1. The fourth-order valence-corrected chi connectivity index (χ4v) is 4.80. The zero-order valence-corrected chi connectivity index (χ0v) is 15.1. The van der Waals surface area contributed by atoms with Crippen LogP contribution in [0.1, 0.15) is 30.0 Å². The molecule has 1 aliphatic carbocycles. The van der Waals surface area contributed by atoms with E-state index >= 15 is 0 Å². The Morgan fingerprint density at radius 3 is 2.68 bits per heavy atom. The van der Waals surface area contributed by atoms with Crippen LogP contribution < -0.4 is 5.32 Å². The second-order valence-corrected chi connectivity index (χ2v) is 7.59. The number of rotatable bonds is 2. The summed E-state index contributed by atoms with van der Waals surface area (Å²) in [5, 5.41) is 23.0. The van der Waals surface area contributed by atoms with Gasteiger partial charge in [0.2, 0.25) is 0 Å². The molecule has 5 rings (SSSR count). The van der Waals surface area contributed by atoms with Crippen molar-refractivity contribution >= 4 is 0 Å². The molecule has 2 aliphatic rings. The quantitative estimate of drug-likeness (QED) is 0.716. The number of fused-ring (bicyclic) bond motifs is 2. The Morgan fingerprint density at radius 2 is 1.89 bits per heavy atom. The van der Waals surface area contributed by atoms with E-state index < -0.39 is 17.7 Å². The Kier molecular flexibility index (Phi) is 4.03. The van der Waals surface area contributed by atoms with Crippen LogP contribution in [-0.2, 0) is 5.41 Å². The van der Waals surface area contributed by atoms with E-state index in [2.05, 4.69) is 21.7 Å². The van der Waals surface area contributed by atoms with E-state index in [1.807, 2.05) is 18.2 Å². The van der Waals surface area contributed by atoms with Crippen molar-refractivity contribution in [3.05, 3.63) is 71.4 Å². The normalized spacial score (nSPS) is 23.1. The van der Waals surface area contributed by atoms with E-state index in [0.717, 1.165) is 43.1 Å². The number of nitrogens with one attached hydrogen (secondary N) is 1. The van der Waals surface area contributed by atoms with Crippen molar-refractivity contribution < 1.29 is 13.9 Å². The molecule has 3 aromatic rings. The summed E-state index contributed by atoms with van der Waals surface area (Å²) < 4.78 is 29.0. The molecule has 0 radical (unpaired) electrons. The van der Waals surface area contributed by atoms with Gasteiger partial charge in [-0.15, -0.1) is 5.10 Å². The third-order valence-electron chi connectivity index (χ3n) is 6.18. The largest absolute Gasteiger partial charge is 0.390 e. The van der Waals surface area contributed by atoms with Crippen molar-refractivity contribution in [2.75, 3.05) is 13.1 Å². The third kappa shape index (κ3) is 2.50. The Bertz CT molecular complexity index is 1030. The van der Waals surface area contributed by atoms with Gasteiger partial charge >= 0.3 is 0 Å². The number of aliphatic hydroxyl groups is 1. The average Bonchev–Trinajstić information content (AvgIpc) is 3.26. The van der Waals surface area contributed by atoms with Gasteiger partial charge in [-0.05, 0) is 49.2 Å². The van der Waals surface area contributed by atoms with Gasteiger partial charge < -0.3 is 10.4 Å². The Morgan fingerprint density at radius 1 is 1.11 bits per heavy atom. The Balaban J connectivity index is 1.58. The Labute approximate surface area is 161 Å². The van der Waals surface area contributed by atoms with Crippen LogP contribution in [-0.4, -0.2) is 39.3 Å². The van der Waals surface area contributed by atoms with E-state index in [-0.39, 0.29) is 17.0 Å². The predicted octanol–water partition coefficient (Wildman–Crippen LogP) is 2.81. The maximum atomic E-state index is 14.2. The van der Waals surface area contributed by atoms with Crippen LogP contribution >= 0.6 is 0 Å². The van der Waals surface area contributed by atoms with Gasteiger partial charge in [-0.2, -0.15) is 0 Å². The highest BCUT2D eigenvalue weighted by Gasteiger charge is 2.52. The van der Waals surface area contributed by atoms with Gasteiger partial charge in [0.1, 0.15) is 23.4 Å². The van der Waals surface area contributed by atoms with Crippen molar-refractivity contribution in [2.45, 2.75) is 30.4 Å².